The van der Waals surface area contributed by atoms with Gasteiger partial charge >= 0.3 is 0 Å². The van der Waals surface area contributed by atoms with Crippen LogP contribution in [0.15, 0.2) is 12.2 Å². The Morgan fingerprint density at radius 1 is 0.743 bits per heavy atom. The van der Waals surface area contributed by atoms with E-state index in [1.54, 1.807) is 0 Å². The number of hydrogen-bond donors (Lipinski definition) is 6. The Kier molecular flexibility index (Phi) is 22.7. The zero-order chi connectivity index (χ0) is 26.3. The fourth-order valence-electron chi connectivity index (χ4n) is 4.02. The first kappa shape index (κ1) is 34.0. The highest BCUT2D eigenvalue weighted by Gasteiger charge is 2.36. The number of allylic oxidation sites excluding steroid dienone is 2. The van der Waals surface area contributed by atoms with Gasteiger partial charge in [-0.15, -0.1) is 0 Å². The molecule has 208 valence electrons. The van der Waals surface area contributed by atoms with E-state index in [0.717, 1.165) is 32.1 Å². The number of amides is 1. The largest absolute Gasteiger partial charge is 0.394 e. The zero-order valence-corrected chi connectivity index (χ0v) is 22.1. The van der Waals surface area contributed by atoms with E-state index in [1.807, 2.05) is 0 Å². The summed E-state index contributed by atoms with van der Waals surface area (Å²) >= 11 is 0. The molecule has 0 aliphatic rings. The minimum absolute atomic E-state index is 0.350. The Labute approximate surface area is 213 Å². The number of nitrogens with two attached hydrogens (primary N) is 1. The summed E-state index contributed by atoms with van der Waals surface area (Å²) in [6, 6.07) is 0. The average Bonchev–Trinajstić information content (AvgIpc) is 2.87. The van der Waals surface area contributed by atoms with Crippen LogP contribution < -0.4 is 5.73 Å². The van der Waals surface area contributed by atoms with Gasteiger partial charge in [-0.25, -0.2) is 0 Å². The topological polar surface area (TPSA) is 147 Å². The third-order valence-electron chi connectivity index (χ3n) is 6.39. The second-order valence-corrected chi connectivity index (χ2v) is 9.58. The van der Waals surface area contributed by atoms with E-state index in [0.29, 0.717) is 26.1 Å². The van der Waals surface area contributed by atoms with Crippen LogP contribution in [0.25, 0.3) is 0 Å². The van der Waals surface area contributed by atoms with Crippen molar-refractivity contribution >= 4 is 5.91 Å². The molecule has 0 aliphatic carbocycles. The molecule has 1 amide bonds. The molecule has 0 heterocycles. The predicted octanol–water partition coefficient (Wildman–Crippen LogP) is 2.64. The van der Waals surface area contributed by atoms with Gasteiger partial charge in [0.05, 0.1) is 6.61 Å². The molecule has 0 spiro atoms. The maximum absolute atomic E-state index is 12.6. The number of aliphatic hydroxyl groups is 5. The molecule has 0 fully saturated rings. The number of nitrogens with zero attached hydrogens (tertiary/aromatic N) is 1. The number of rotatable bonds is 24. The van der Waals surface area contributed by atoms with Crippen LogP contribution in [0.4, 0.5) is 0 Å². The van der Waals surface area contributed by atoms with Crippen LogP contribution in [-0.4, -0.2) is 87.0 Å². The highest BCUT2D eigenvalue weighted by atomic mass is 16.4. The molecule has 7 N–H and O–H groups in total. The van der Waals surface area contributed by atoms with Gasteiger partial charge in [-0.1, -0.05) is 76.9 Å². The highest BCUT2D eigenvalue weighted by Crippen LogP contribution is 2.12. The lowest BCUT2D eigenvalue weighted by Crippen LogP contribution is -2.53. The number of hydrogen-bond acceptors (Lipinski definition) is 7. The van der Waals surface area contributed by atoms with Gasteiger partial charge < -0.3 is 36.2 Å². The van der Waals surface area contributed by atoms with Crippen molar-refractivity contribution in [1.29, 1.82) is 0 Å². The number of carbonyl (C=O) groups is 1. The lowest BCUT2D eigenvalue weighted by atomic mass is 10.0. The molecule has 35 heavy (non-hydrogen) atoms. The average molecular weight is 503 g/mol. The molecule has 8 heteroatoms. The monoisotopic (exact) mass is 502 g/mol. The molecule has 0 radical (unpaired) electrons. The first-order valence-corrected chi connectivity index (χ1v) is 13.9. The molecule has 0 rings (SSSR count). The van der Waals surface area contributed by atoms with Crippen molar-refractivity contribution in [1.82, 2.24) is 4.90 Å². The quantitative estimate of drug-likeness (QED) is 0.0878. The summed E-state index contributed by atoms with van der Waals surface area (Å²) in [5.41, 5.74) is 5.55. The summed E-state index contributed by atoms with van der Waals surface area (Å²) in [7, 11) is 0. The number of unbranched alkanes of at least 4 members (excludes halogenated alkanes) is 12. The minimum Gasteiger partial charge on any atom is -0.394 e. The smallest absolute Gasteiger partial charge is 0.254 e. The van der Waals surface area contributed by atoms with Crippen LogP contribution in [0.5, 0.6) is 0 Å². The van der Waals surface area contributed by atoms with Crippen molar-refractivity contribution in [3.05, 3.63) is 12.2 Å². The molecule has 0 aromatic heterocycles. The second-order valence-electron chi connectivity index (χ2n) is 9.58. The fraction of sp³-hybridized carbons (Fsp3) is 0.889. The highest BCUT2D eigenvalue weighted by molar-refractivity contribution is 5.81. The van der Waals surface area contributed by atoms with Gasteiger partial charge in [-0.3, -0.25) is 4.79 Å². The number of aliphatic hydroxyl groups excluding tert-OH is 5. The summed E-state index contributed by atoms with van der Waals surface area (Å²) in [6.45, 7) is 2.63. The van der Waals surface area contributed by atoms with Gasteiger partial charge in [0.1, 0.15) is 18.3 Å². The molecular weight excluding hydrogens is 448 g/mol. The Morgan fingerprint density at radius 3 is 1.74 bits per heavy atom. The van der Waals surface area contributed by atoms with Crippen molar-refractivity contribution in [2.45, 2.75) is 128 Å². The SMILES string of the molecule is CCCCCCCC/C=C\CCCCCCCCN(CCCN)C(=O)[C@H](O)[C@@H](O)[C@H](O)[C@H](O)CO. The van der Waals surface area contributed by atoms with E-state index in [9.17, 15) is 25.2 Å². The van der Waals surface area contributed by atoms with Gasteiger partial charge in [0.25, 0.3) is 5.91 Å². The summed E-state index contributed by atoms with van der Waals surface area (Å²) < 4.78 is 0. The molecule has 0 aliphatic heterocycles. The molecule has 8 nitrogen and oxygen atoms in total. The van der Waals surface area contributed by atoms with Crippen LogP contribution in [0.2, 0.25) is 0 Å². The van der Waals surface area contributed by atoms with Crippen LogP contribution in [-0.2, 0) is 4.79 Å². The molecule has 0 saturated heterocycles. The van der Waals surface area contributed by atoms with Crippen molar-refractivity contribution in [3.63, 3.8) is 0 Å². The maximum atomic E-state index is 12.6. The minimum atomic E-state index is -1.88. The Balaban J connectivity index is 4.04. The molecule has 0 aromatic carbocycles. The van der Waals surface area contributed by atoms with Crippen LogP contribution in [0.1, 0.15) is 103 Å². The van der Waals surface area contributed by atoms with Gasteiger partial charge in [-0.2, -0.15) is 0 Å². The number of carbonyl (C=O) groups excluding carboxylic acids is 1. The zero-order valence-electron chi connectivity index (χ0n) is 22.1. The van der Waals surface area contributed by atoms with E-state index >= 15 is 0 Å². The summed E-state index contributed by atoms with van der Waals surface area (Å²) in [6.07, 6.45) is 14.7. The van der Waals surface area contributed by atoms with Crippen molar-refractivity contribution in [3.8, 4) is 0 Å². The van der Waals surface area contributed by atoms with Gasteiger partial charge in [0, 0.05) is 13.1 Å². The summed E-state index contributed by atoms with van der Waals surface area (Å²) in [4.78, 5) is 14.1. The predicted molar refractivity (Wildman–Crippen MR) is 141 cm³/mol. The summed E-state index contributed by atoms with van der Waals surface area (Å²) in [5.74, 6) is -0.706. The lowest BCUT2D eigenvalue weighted by molar-refractivity contribution is -0.158. The first-order chi connectivity index (χ1) is 16.9. The van der Waals surface area contributed by atoms with Gasteiger partial charge in [0.2, 0.25) is 0 Å². The molecule has 0 aromatic rings. The van der Waals surface area contributed by atoms with E-state index in [1.165, 1.54) is 62.7 Å². The Morgan fingerprint density at radius 2 is 1.23 bits per heavy atom. The third-order valence-corrected chi connectivity index (χ3v) is 6.39. The normalized spacial score (nSPS) is 15.3. The second kappa shape index (κ2) is 23.4. The fourth-order valence-corrected chi connectivity index (χ4v) is 4.02. The van der Waals surface area contributed by atoms with E-state index < -0.39 is 36.9 Å². The summed E-state index contributed by atoms with van der Waals surface area (Å²) in [5, 5.41) is 48.3. The maximum Gasteiger partial charge on any atom is 0.254 e. The Bertz CT molecular complexity index is 520. The van der Waals surface area contributed by atoms with Crippen LogP contribution in [0.3, 0.4) is 0 Å². The van der Waals surface area contributed by atoms with Crippen molar-refractivity contribution in [2.75, 3.05) is 26.2 Å². The third kappa shape index (κ3) is 17.1. The van der Waals surface area contributed by atoms with Gasteiger partial charge in [0.15, 0.2) is 6.10 Å². The van der Waals surface area contributed by atoms with E-state index in [-0.39, 0.29) is 0 Å². The Hall–Kier alpha value is -1.03. The molecular formula is C27H54N2O6. The van der Waals surface area contributed by atoms with Crippen LogP contribution >= 0.6 is 0 Å². The van der Waals surface area contributed by atoms with E-state index in [2.05, 4.69) is 19.1 Å². The van der Waals surface area contributed by atoms with Crippen molar-refractivity contribution in [2.24, 2.45) is 5.73 Å². The van der Waals surface area contributed by atoms with E-state index in [4.69, 9.17) is 10.8 Å². The lowest BCUT2D eigenvalue weighted by Gasteiger charge is -2.30. The van der Waals surface area contributed by atoms with Crippen LogP contribution in [0, 0.1) is 0 Å². The molecule has 0 bridgehead atoms. The molecule has 4 atom stereocenters. The standard InChI is InChI=1S/C27H54N2O6/c1-2-3-4-5-6-7-8-9-10-11-12-13-14-15-16-17-20-29(21-18-19-28)27(35)26(34)25(33)24(32)23(31)22-30/h9-10,23-26,30-34H,2-8,11-22,28H2,1H3/b10-9-/t23-,24-,25+,26-/m1/s1. The van der Waals surface area contributed by atoms with Crippen molar-refractivity contribution < 1.29 is 30.3 Å². The molecule has 0 saturated carbocycles. The van der Waals surface area contributed by atoms with Gasteiger partial charge in [-0.05, 0) is 45.1 Å². The first-order valence-electron chi connectivity index (χ1n) is 13.9. The molecule has 0 unspecified atom stereocenters.